The average Bonchev–Trinajstić information content (AvgIpc) is 2.65. The smallest absolute Gasteiger partial charge is 0.0579 e. The zero-order chi connectivity index (χ0) is 16.1. The van der Waals surface area contributed by atoms with Crippen molar-refractivity contribution in [3.8, 4) is 0 Å². The van der Waals surface area contributed by atoms with Gasteiger partial charge in [0.1, 0.15) is 0 Å². The maximum atomic E-state index is 6.09. The van der Waals surface area contributed by atoms with Crippen LogP contribution >= 0.6 is 12.6 Å². The van der Waals surface area contributed by atoms with Gasteiger partial charge in [-0.05, 0) is 16.7 Å². The average molecular weight is 319 g/mol. The van der Waals surface area contributed by atoms with E-state index in [1.165, 1.54) is 16.7 Å². The van der Waals surface area contributed by atoms with Crippen molar-refractivity contribution in [1.82, 2.24) is 0 Å². The first-order valence-electron chi connectivity index (χ1n) is 7.85. The van der Waals surface area contributed by atoms with Crippen LogP contribution in [0.3, 0.4) is 0 Å². The maximum absolute atomic E-state index is 6.09. The summed E-state index contributed by atoms with van der Waals surface area (Å²) in [4.78, 5) is 0. The summed E-state index contributed by atoms with van der Waals surface area (Å²) in [7, 11) is 0. The quantitative estimate of drug-likeness (QED) is 0.533. The summed E-state index contributed by atoms with van der Waals surface area (Å²) in [6.07, 6.45) is 0. The molecular weight excluding hydrogens is 298 g/mol. The number of benzene rings is 3. The first-order chi connectivity index (χ1) is 11.3. The standard InChI is InChI=1S/C21H21NS/c22-16-20(23)21(17-10-4-1-5-11-17,18-12-6-2-7-13-18)19-14-8-3-9-15-19/h1-15,20,23H,16,22H2. The van der Waals surface area contributed by atoms with E-state index in [1.54, 1.807) is 0 Å². The van der Waals surface area contributed by atoms with Gasteiger partial charge in [0, 0.05) is 11.8 Å². The molecule has 0 saturated carbocycles. The van der Waals surface area contributed by atoms with Crippen molar-refractivity contribution < 1.29 is 0 Å². The van der Waals surface area contributed by atoms with Crippen molar-refractivity contribution in [2.24, 2.45) is 5.73 Å². The summed E-state index contributed by atoms with van der Waals surface area (Å²) < 4.78 is 0. The van der Waals surface area contributed by atoms with Crippen LogP contribution in [0.4, 0.5) is 0 Å². The molecule has 23 heavy (non-hydrogen) atoms. The van der Waals surface area contributed by atoms with E-state index in [0.29, 0.717) is 6.54 Å². The van der Waals surface area contributed by atoms with Crippen molar-refractivity contribution in [2.45, 2.75) is 10.7 Å². The Kier molecular flexibility index (Phi) is 4.85. The van der Waals surface area contributed by atoms with Crippen molar-refractivity contribution in [3.05, 3.63) is 108 Å². The third-order valence-electron chi connectivity index (χ3n) is 4.41. The molecule has 0 bridgehead atoms. The summed E-state index contributed by atoms with van der Waals surface area (Å²) >= 11 is 4.92. The van der Waals surface area contributed by atoms with Gasteiger partial charge >= 0.3 is 0 Å². The van der Waals surface area contributed by atoms with Gasteiger partial charge in [0.05, 0.1) is 5.41 Å². The molecule has 2 heteroatoms. The zero-order valence-corrected chi connectivity index (χ0v) is 13.9. The Morgan fingerprint density at radius 1 is 0.652 bits per heavy atom. The predicted octanol–water partition coefficient (Wildman–Crippen LogP) is 4.28. The second-order valence-corrected chi connectivity index (χ2v) is 6.28. The minimum absolute atomic E-state index is 0.0327. The van der Waals surface area contributed by atoms with Crippen LogP contribution in [-0.2, 0) is 5.41 Å². The van der Waals surface area contributed by atoms with E-state index in [4.69, 9.17) is 18.4 Å². The van der Waals surface area contributed by atoms with Gasteiger partial charge in [-0.2, -0.15) is 12.6 Å². The maximum Gasteiger partial charge on any atom is 0.0579 e. The molecule has 2 N–H and O–H groups in total. The minimum atomic E-state index is -0.373. The van der Waals surface area contributed by atoms with E-state index in [1.807, 2.05) is 18.2 Å². The van der Waals surface area contributed by atoms with Crippen LogP contribution in [0.2, 0.25) is 0 Å². The monoisotopic (exact) mass is 319 g/mol. The molecular formula is C21H21NS. The van der Waals surface area contributed by atoms with Gasteiger partial charge in [-0.25, -0.2) is 0 Å². The molecule has 1 unspecified atom stereocenters. The molecule has 0 saturated heterocycles. The van der Waals surface area contributed by atoms with Crippen molar-refractivity contribution in [1.29, 1.82) is 0 Å². The summed E-state index contributed by atoms with van der Waals surface area (Å²) in [5.74, 6) is 0. The van der Waals surface area contributed by atoms with E-state index in [2.05, 4.69) is 72.8 Å². The molecule has 116 valence electrons. The van der Waals surface area contributed by atoms with Gasteiger partial charge in [0.25, 0.3) is 0 Å². The van der Waals surface area contributed by atoms with Crippen LogP contribution in [0.25, 0.3) is 0 Å². The first-order valence-corrected chi connectivity index (χ1v) is 8.36. The highest BCUT2D eigenvalue weighted by Gasteiger charge is 2.41. The largest absolute Gasteiger partial charge is 0.329 e. The van der Waals surface area contributed by atoms with E-state index in [9.17, 15) is 0 Å². The lowest BCUT2D eigenvalue weighted by Crippen LogP contribution is -2.43. The lowest BCUT2D eigenvalue weighted by molar-refractivity contribution is 0.587. The molecule has 1 nitrogen and oxygen atoms in total. The van der Waals surface area contributed by atoms with E-state index < -0.39 is 0 Å². The van der Waals surface area contributed by atoms with Crippen LogP contribution in [0.1, 0.15) is 16.7 Å². The number of rotatable bonds is 5. The van der Waals surface area contributed by atoms with Gasteiger partial charge in [0.2, 0.25) is 0 Å². The number of hydrogen-bond donors (Lipinski definition) is 2. The van der Waals surface area contributed by atoms with Gasteiger partial charge in [0.15, 0.2) is 0 Å². The zero-order valence-electron chi connectivity index (χ0n) is 13.0. The molecule has 3 aromatic rings. The highest BCUT2D eigenvalue weighted by Crippen LogP contribution is 2.43. The Morgan fingerprint density at radius 2 is 0.957 bits per heavy atom. The van der Waals surface area contributed by atoms with Crippen LogP contribution in [0.5, 0.6) is 0 Å². The normalized spacial score (nSPS) is 12.8. The van der Waals surface area contributed by atoms with Gasteiger partial charge in [-0.3, -0.25) is 0 Å². The van der Waals surface area contributed by atoms with Gasteiger partial charge < -0.3 is 5.73 Å². The molecule has 0 radical (unpaired) electrons. The molecule has 0 aromatic heterocycles. The fraction of sp³-hybridized carbons (Fsp3) is 0.143. The fourth-order valence-corrected chi connectivity index (χ4v) is 3.80. The highest BCUT2D eigenvalue weighted by atomic mass is 32.1. The predicted molar refractivity (Wildman–Crippen MR) is 101 cm³/mol. The van der Waals surface area contributed by atoms with Crippen LogP contribution in [0.15, 0.2) is 91.0 Å². The molecule has 0 aliphatic rings. The second kappa shape index (κ2) is 7.03. The summed E-state index contributed by atoms with van der Waals surface area (Å²) in [5, 5.41) is -0.0327. The Bertz CT molecular complexity index is 629. The molecule has 0 amide bonds. The lowest BCUT2D eigenvalue weighted by Gasteiger charge is -2.40. The third-order valence-corrected chi connectivity index (χ3v) is 5.01. The Morgan fingerprint density at radius 3 is 1.22 bits per heavy atom. The molecule has 0 aliphatic heterocycles. The molecule has 0 spiro atoms. The Balaban J connectivity index is 2.35. The van der Waals surface area contributed by atoms with Crippen LogP contribution < -0.4 is 5.73 Å². The SMILES string of the molecule is NCC(S)C(c1ccccc1)(c1ccccc1)c1ccccc1. The third kappa shape index (κ3) is 2.80. The summed E-state index contributed by atoms with van der Waals surface area (Å²) in [6, 6.07) is 31.6. The van der Waals surface area contributed by atoms with Gasteiger partial charge in [-0.1, -0.05) is 91.0 Å². The van der Waals surface area contributed by atoms with Gasteiger partial charge in [-0.15, -0.1) is 0 Å². The van der Waals surface area contributed by atoms with Crippen molar-refractivity contribution in [3.63, 3.8) is 0 Å². The highest BCUT2D eigenvalue weighted by molar-refractivity contribution is 7.81. The molecule has 3 aromatic carbocycles. The van der Waals surface area contributed by atoms with E-state index in [-0.39, 0.29) is 10.7 Å². The summed E-state index contributed by atoms with van der Waals surface area (Å²) in [6.45, 7) is 0.488. The van der Waals surface area contributed by atoms with E-state index >= 15 is 0 Å². The van der Waals surface area contributed by atoms with Crippen molar-refractivity contribution >= 4 is 12.6 Å². The van der Waals surface area contributed by atoms with Crippen molar-refractivity contribution in [2.75, 3.05) is 6.54 Å². The fourth-order valence-electron chi connectivity index (χ4n) is 3.36. The Labute approximate surface area is 143 Å². The second-order valence-electron chi connectivity index (χ2n) is 5.66. The molecule has 0 fully saturated rings. The molecule has 1 atom stereocenters. The molecule has 0 aliphatic carbocycles. The van der Waals surface area contributed by atoms with E-state index in [0.717, 1.165) is 0 Å². The Hall–Kier alpha value is -2.03. The number of nitrogens with two attached hydrogens (primary N) is 1. The molecule has 0 heterocycles. The van der Waals surface area contributed by atoms with Crippen LogP contribution in [-0.4, -0.2) is 11.8 Å². The summed E-state index contributed by atoms with van der Waals surface area (Å²) in [5.41, 5.74) is 9.35. The lowest BCUT2D eigenvalue weighted by atomic mass is 9.67. The topological polar surface area (TPSA) is 26.0 Å². The minimum Gasteiger partial charge on any atom is -0.329 e. The number of thiol groups is 1. The van der Waals surface area contributed by atoms with Crippen LogP contribution in [0, 0.1) is 0 Å². The number of hydrogen-bond acceptors (Lipinski definition) is 2. The molecule has 3 rings (SSSR count). The first kappa shape index (κ1) is 15.9.